The van der Waals surface area contributed by atoms with Gasteiger partial charge in [0, 0.05) is 18.2 Å². The monoisotopic (exact) mass is 368 g/mol. The van der Waals surface area contributed by atoms with Crippen LogP contribution in [0.5, 0.6) is 5.75 Å². The molecule has 1 saturated carbocycles. The molecule has 6 heteroatoms. The highest BCUT2D eigenvalue weighted by atomic mass is 16.6. The van der Waals surface area contributed by atoms with E-state index in [0.29, 0.717) is 18.4 Å². The molecule has 0 spiro atoms. The van der Waals surface area contributed by atoms with Crippen LogP contribution in [0, 0.1) is 16.0 Å². The Labute approximate surface area is 158 Å². The fraction of sp³-hybridized carbons (Fsp3) is 0.381. The van der Waals surface area contributed by atoms with Gasteiger partial charge >= 0.3 is 5.69 Å². The van der Waals surface area contributed by atoms with Gasteiger partial charge in [0.2, 0.25) is 0 Å². The van der Waals surface area contributed by atoms with E-state index in [-0.39, 0.29) is 22.9 Å². The molecule has 0 aromatic heterocycles. The number of nitro benzene ring substituents is 1. The zero-order chi connectivity index (χ0) is 19.2. The summed E-state index contributed by atoms with van der Waals surface area (Å²) in [6.07, 6.45) is 4.39. The zero-order valence-corrected chi connectivity index (χ0v) is 15.4. The SMILES string of the molecule is COc1ccc(C(=O)NCC2CCC(c3ccccc3)CC2)cc1[N+](=O)[O-]. The van der Waals surface area contributed by atoms with Crippen molar-refractivity contribution >= 4 is 11.6 Å². The van der Waals surface area contributed by atoms with E-state index in [1.54, 1.807) is 6.07 Å². The summed E-state index contributed by atoms with van der Waals surface area (Å²) in [6.45, 7) is 0.597. The van der Waals surface area contributed by atoms with E-state index in [9.17, 15) is 14.9 Å². The predicted octanol–water partition coefficient (Wildman–Crippen LogP) is 4.31. The minimum Gasteiger partial charge on any atom is -0.490 e. The van der Waals surface area contributed by atoms with E-state index in [0.717, 1.165) is 25.7 Å². The number of methoxy groups -OCH3 is 1. The minimum absolute atomic E-state index is 0.149. The number of nitro groups is 1. The fourth-order valence-electron chi connectivity index (χ4n) is 3.74. The van der Waals surface area contributed by atoms with Crippen molar-refractivity contribution in [2.45, 2.75) is 31.6 Å². The highest BCUT2D eigenvalue weighted by Crippen LogP contribution is 2.35. The number of amides is 1. The molecule has 0 saturated heterocycles. The Morgan fingerprint density at radius 3 is 2.48 bits per heavy atom. The van der Waals surface area contributed by atoms with E-state index in [2.05, 4.69) is 29.6 Å². The third-order valence-electron chi connectivity index (χ3n) is 5.31. The van der Waals surface area contributed by atoms with Gasteiger partial charge in [-0.1, -0.05) is 30.3 Å². The van der Waals surface area contributed by atoms with Crippen LogP contribution in [0.25, 0.3) is 0 Å². The number of hydrogen-bond donors (Lipinski definition) is 1. The van der Waals surface area contributed by atoms with E-state index < -0.39 is 4.92 Å². The largest absolute Gasteiger partial charge is 0.490 e. The molecular weight excluding hydrogens is 344 g/mol. The van der Waals surface area contributed by atoms with Crippen LogP contribution in [-0.4, -0.2) is 24.5 Å². The molecule has 0 bridgehead atoms. The molecular formula is C21H24N2O4. The Morgan fingerprint density at radius 2 is 1.85 bits per heavy atom. The number of rotatable bonds is 6. The number of hydrogen-bond acceptors (Lipinski definition) is 4. The molecule has 0 atom stereocenters. The Morgan fingerprint density at radius 1 is 1.15 bits per heavy atom. The predicted molar refractivity (Wildman–Crippen MR) is 103 cm³/mol. The molecule has 1 fully saturated rings. The Bertz CT molecular complexity index is 799. The lowest BCUT2D eigenvalue weighted by molar-refractivity contribution is -0.385. The highest BCUT2D eigenvalue weighted by molar-refractivity contribution is 5.95. The van der Waals surface area contributed by atoms with Gasteiger partial charge in [0.05, 0.1) is 12.0 Å². The summed E-state index contributed by atoms with van der Waals surface area (Å²) in [4.78, 5) is 22.9. The topological polar surface area (TPSA) is 81.5 Å². The maximum atomic E-state index is 12.4. The second kappa shape index (κ2) is 8.66. The molecule has 1 N–H and O–H groups in total. The zero-order valence-electron chi connectivity index (χ0n) is 15.4. The van der Waals surface area contributed by atoms with Gasteiger partial charge in [0.25, 0.3) is 5.91 Å². The van der Waals surface area contributed by atoms with Crippen LogP contribution in [0.4, 0.5) is 5.69 Å². The molecule has 0 aliphatic heterocycles. The summed E-state index contributed by atoms with van der Waals surface area (Å²) in [7, 11) is 1.37. The van der Waals surface area contributed by atoms with Crippen LogP contribution in [-0.2, 0) is 0 Å². The molecule has 142 valence electrons. The Hall–Kier alpha value is -2.89. The number of ether oxygens (including phenoxy) is 1. The van der Waals surface area contributed by atoms with Gasteiger partial charge in [-0.25, -0.2) is 0 Å². The summed E-state index contributed by atoms with van der Waals surface area (Å²) < 4.78 is 4.97. The van der Waals surface area contributed by atoms with Gasteiger partial charge in [-0.05, 0) is 55.2 Å². The van der Waals surface area contributed by atoms with Crippen molar-refractivity contribution in [3.8, 4) is 5.75 Å². The second-order valence-corrected chi connectivity index (χ2v) is 6.98. The molecule has 27 heavy (non-hydrogen) atoms. The number of benzene rings is 2. The van der Waals surface area contributed by atoms with Crippen molar-refractivity contribution in [3.63, 3.8) is 0 Å². The molecule has 6 nitrogen and oxygen atoms in total. The number of nitrogens with zero attached hydrogens (tertiary/aromatic N) is 1. The first-order chi connectivity index (χ1) is 13.1. The first-order valence-corrected chi connectivity index (χ1v) is 9.24. The lowest BCUT2D eigenvalue weighted by Gasteiger charge is -2.29. The van der Waals surface area contributed by atoms with Gasteiger partial charge in [0.15, 0.2) is 5.75 Å². The second-order valence-electron chi connectivity index (χ2n) is 6.98. The van der Waals surface area contributed by atoms with Crippen LogP contribution >= 0.6 is 0 Å². The Balaban J connectivity index is 1.53. The summed E-state index contributed by atoms with van der Waals surface area (Å²) in [5, 5.41) is 14.0. The Kier molecular flexibility index (Phi) is 6.06. The summed E-state index contributed by atoms with van der Waals surface area (Å²) >= 11 is 0. The molecule has 0 unspecified atom stereocenters. The molecule has 2 aromatic rings. The molecule has 0 heterocycles. The fourth-order valence-corrected chi connectivity index (χ4v) is 3.74. The third kappa shape index (κ3) is 4.64. The standard InChI is InChI=1S/C21H24N2O4/c1-27-20-12-11-18(13-19(20)23(25)26)21(24)22-14-15-7-9-17(10-8-15)16-5-3-2-4-6-16/h2-6,11-13,15,17H,7-10,14H2,1H3,(H,22,24). The van der Waals surface area contributed by atoms with Crippen molar-refractivity contribution in [1.29, 1.82) is 0 Å². The lowest BCUT2D eigenvalue weighted by atomic mass is 9.78. The quantitative estimate of drug-likeness (QED) is 0.608. The van der Waals surface area contributed by atoms with Gasteiger partial charge in [0.1, 0.15) is 0 Å². The van der Waals surface area contributed by atoms with Gasteiger partial charge in [-0.2, -0.15) is 0 Å². The maximum absolute atomic E-state index is 12.4. The van der Waals surface area contributed by atoms with Crippen LogP contribution < -0.4 is 10.1 Å². The number of nitrogens with one attached hydrogen (secondary N) is 1. The summed E-state index contributed by atoms with van der Waals surface area (Å²) in [5.74, 6) is 0.909. The molecule has 2 aromatic carbocycles. The maximum Gasteiger partial charge on any atom is 0.311 e. The highest BCUT2D eigenvalue weighted by Gasteiger charge is 2.23. The van der Waals surface area contributed by atoms with Crippen LogP contribution in [0.15, 0.2) is 48.5 Å². The van der Waals surface area contributed by atoms with Gasteiger partial charge < -0.3 is 10.1 Å². The first kappa shape index (κ1) is 18.9. The van der Waals surface area contributed by atoms with Crippen LogP contribution in [0.3, 0.4) is 0 Å². The number of carbonyl (C=O) groups is 1. The van der Waals surface area contributed by atoms with E-state index in [4.69, 9.17) is 4.74 Å². The molecule has 0 radical (unpaired) electrons. The summed E-state index contributed by atoms with van der Waals surface area (Å²) in [5.41, 5.74) is 1.47. The van der Waals surface area contributed by atoms with Crippen molar-refractivity contribution in [3.05, 3.63) is 69.8 Å². The van der Waals surface area contributed by atoms with Crippen molar-refractivity contribution in [2.24, 2.45) is 5.92 Å². The van der Waals surface area contributed by atoms with Crippen molar-refractivity contribution in [2.75, 3.05) is 13.7 Å². The van der Waals surface area contributed by atoms with E-state index in [1.165, 1.54) is 24.8 Å². The average molecular weight is 368 g/mol. The number of carbonyl (C=O) groups excluding carboxylic acids is 1. The van der Waals surface area contributed by atoms with Crippen LogP contribution in [0.2, 0.25) is 0 Å². The van der Waals surface area contributed by atoms with Crippen molar-refractivity contribution in [1.82, 2.24) is 5.32 Å². The van der Waals surface area contributed by atoms with Crippen molar-refractivity contribution < 1.29 is 14.5 Å². The van der Waals surface area contributed by atoms with Gasteiger partial charge in [-0.15, -0.1) is 0 Å². The van der Waals surface area contributed by atoms with E-state index >= 15 is 0 Å². The molecule has 1 aliphatic rings. The molecule has 1 aliphatic carbocycles. The van der Waals surface area contributed by atoms with E-state index in [1.807, 2.05) is 6.07 Å². The average Bonchev–Trinajstić information content (AvgIpc) is 2.72. The summed E-state index contributed by atoms with van der Waals surface area (Å²) in [6, 6.07) is 14.8. The lowest BCUT2D eigenvalue weighted by Crippen LogP contribution is -2.31. The normalized spacial score (nSPS) is 19.3. The first-order valence-electron chi connectivity index (χ1n) is 9.24. The van der Waals surface area contributed by atoms with Gasteiger partial charge in [-0.3, -0.25) is 14.9 Å². The van der Waals surface area contributed by atoms with Crippen LogP contribution in [0.1, 0.15) is 47.5 Å². The molecule has 3 rings (SSSR count). The minimum atomic E-state index is -0.541. The smallest absolute Gasteiger partial charge is 0.311 e. The third-order valence-corrected chi connectivity index (χ3v) is 5.31. The molecule has 1 amide bonds.